The minimum Gasteiger partial charge on any atom is -0.507 e. The van der Waals surface area contributed by atoms with Crippen LogP contribution in [0.15, 0.2) is 18.2 Å². The SMILES string of the molecule is CCc1ccc(O)c(C(=O)NCC(O)C(C)C)c1. The first-order chi connectivity index (χ1) is 8.45. The quantitative estimate of drug-likeness (QED) is 0.746. The molecule has 100 valence electrons. The van der Waals surface area contributed by atoms with Gasteiger partial charge in [-0.1, -0.05) is 26.8 Å². The van der Waals surface area contributed by atoms with Gasteiger partial charge in [0.15, 0.2) is 0 Å². The second-order valence-electron chi connectivity index (χ2n) is 4.73. The summed E-state index contributed by atoms with van der Waals surface area (Å²) < 4.78 is 0. The van der Waals surface area contributed by atoms with Gasteiger partial charge in [0.2, 0.25) is 0 Å². The highest BCUT2D eigenvalue weighted by atomic mass is 16.3. The Kier molecular flexibility index (Phi) is 5.16. The number of amides is 1. The summed E-state index contributed by atoms with van der Waals surface area (Å²) in [5, 5.41) is 21.9. The molecule has 0 radical (unpaired) electrons. The molecule has 1 amide bonds. The molecule has 1 atom stereocenters. The summed E-state index contributed by atoms with van der Waals surface area (Å²) in [5.74, 6) is -0.313. The topological polar surface area (TPSA) is 69.6 Å². The van der Waals surface area contributed by atoms with Crippen LogP contribution in [0.2, 0.25) is 0 Å². The number of phenols is 1. The number of aliphatic hydroxyl groups is 1. The van der Waals surface area contributed by atoms with Crippen molar-refractivity contribution in [2.75, 3.05) is 6.54 Å². The zero-order chi connectivity index (χ0) is 13.7. The predicted molar refractivity (Wildman–Crippen MR) is 70.7 cm³/mol. The van der Waals surface area contributed by atoms with Crippen molar-refractivity contribution in [3.8, 4) is 5.75 Å². The van der Waals surface area contributed by atoms with Crippen molar-refractivity contribution in [1.29, 1.82) is 0 Å². The number of benzene rings is 1. The van der Waals surface area contributed by atoms with Gasteiger partial charge in [0.05, 0.1) is 11.7 Å². The van der Waals surface area contributed by atoms with E-state index in [9.17, 15) is 15.0 Å². The smallest absolute Gasteiger partial charge is 0.255 e. The molecule has 0 aromatic heterocycles. The zero-order valence-electron chi connectivity index (χ0n) is 11.1. The second-order valence-corrected chi connectivity index (χ2v) is 4.73. The third-order valence-corrected chi connectivity index (χ3v) is 2.96. The first kappa shape index (κ1) is 14.5. The molecule has 0 bridgehead atoms. The van der Waals surface area contributed by atoms with Gasteiger partial charge in [-0.15, -0.1) is 0 Å². The molecule has 0 aliphatic rings. The number of hydrogen-bond donors (Lipinski definition) is 3. The Bertz CT molecular complexity index is 416. The summed E-state index contributed by atoms with van der Waals surface area (Å²) >= 11 is 0. The average molecular weight is 251 g/mol. The molecule has 4 heteroatoms. The highest BCUT2D eigenvalue weighted by Crippen LogP contribution is 2.18. The largest absolute Gasteiger partial charge is 0.507 e. The number of carbonyl (C=O) groups is 1. The van der Waals surface area contributed by atoms with E-state index in [2.05, 4.69) is 5.32 Å². The first-order valence-corrected chi connectivity index (χ1v) is 6.23. The number of phenolic OH excluding ortho intramolecular Hbond substituents is 1. The van der Waals surface area contributed by atoms with Crippen LogP contribution in [0.25, 0.3) is 0 Å². The van der Waals surface area contributed by atoms with Gasteiger partial charge in [-0.25, -0.2) is 0 Å². The van der Waals surface area contributed by atoms with E-state index in [0.717, 1.165) is 12.0 Å². The van der Waals surface area contributed by atoms with Crippen molar-refractivity contribution in [3.63, 3.8) is 0 Å². The maximum atomic E-state index is 11.9. The van der Waals surface area contributed by atoms with Gasteiger partial charge in [0.1, 0.15) is 5.75 Å². The van der Waals surface area contributed by atoms with Gasteiger partial charge in [0.25, 0.3) is 5.91 Å². The predicted octanol–water partition coefficient (Wildman–Crippen LogP) is 1.70. The monoisotopic (exact) mass is 251 g/mol. The minimum absolute atomic E-state index is 0.0382. The summed E-state index contributed by atoms with van der Waals surface area (Å²) in [5.41, 5.74) is 1.24. The van der Waals surface area contributed by atoms with Crippen LogP contribution >= 0.6 is 0 Å². The molecule has 1 aromatic rings. The van der Waals surface area contributed by atoms with E-state index in [1.54, 1.807) is 12.1 Å². The minimum atomic E-state index is -0.578. The lowest BCUT2D eigenvalue weighted by molar-refractivity contribution is 0.0869. The lowest BCUT2D eigenvalue weighted by atomic mass is 10.1. The third-order valence-electron chi connectivity index (χ3n) is 2.96. The molecule has 18 heavy (non-hydrogen) atoms. The molecule has 0 spiro atoms. The summed E-state index contributed by atoms with van der Waals surface area (Å²) in [7, 11) is 0. The van der Waals surface area contributed by atoms with E-state index in [1.165, 1.54) is 6.07 Å². The van der Waals surface area contributed by atoms with E-state index in [1.807, 2.05) is 20.8 Å². The maximum absolute atomic E-state index is 11.9. The molecule has 0 saturated heterocycles. The average Bonchev–Trinajstić information content (AvgIpc) is 2.35. The number of aryl methyl sites for hydroxylation is 1. The fourth-order valence-corrected chi connectivity index (χ4v) is 1.51. The van der Waals surface area contributed by atoms with Crippen LogP contribution < -0.4 is 5.32 Å². The summed E-state index contributed by atoms with van der Waals surface area (Å²) in [6, 6.07) is 4.98. The fraction of sp³-hybridized carbons (Fsp3) is 0.500. The number of rotatable bonds is 5. The molecular formula is C14H21NO3. The van der Waals surface area contributed by atoms with Crippen LogP contribution in [0.5, 0.6) is 5.75 Å². The van der Waals surface area contributed by atoms with Gasteiger partial charge >= 0.3 is 0 Å². The van der Waals surface area contributed by atoms with E-state index in [0.29, 0.717) is 0 Å². The molecule has 0 fully saturated rings. The highest BCUT2D eigenvalue weighted by molar-refractivity contribution is 5.97. The normalized spacial score (nSPS) is 12.5. The summed E-state index contributed by atoms with van der Waals surface area (Å²) in [6.45, 7) is 5.93. The molecule has 1 rings (SSSR count). The standard InChI is InChI=1S/C14H21NO3/c1-4-10-5-6-12(16)11(7-10)14(18)15-8-13(17)9(2)3/h5-7,9,13,16-17H,4,8H2,1-3H3,(H,15,18). The molecule has 0 aliphatic heterocycles. The third kappa shape index (κ3) is 3.74. The Morgan fingerprint density at radius 2 is 2.06 bits per heavy atom. The molecule has 0 saturated carbocycles. The van der Waals surface area contributed by atoms with Crippen LogP contribution in [0.1, 0.15) is 36.7 Å². The number of hydrogen-bond acceptors (Lipinski definition) is 3. The van der Waals surface area contributed by atoms with Crippen LogP contribution in [0.4, 0.5) is 0 Å². The lowest BCUT2D eigenvalue weighted by Crippen LogP contribution is -2.34. The van der Waals surface area contributed by atoms with Crippen LogP contribution in [0, 0.1) is 5.92 Å². The van der Waals surface area contributed by atoms with Crippen molar-refractivity contribution in [2.45, 2.75) is 33.3 Å². The number of aliphatic hydroxyl groups excluding tert-OH is 1. The Hall–Kier alpha value is -1.55. The number of carbonyl (C=O) groups excluding carboxylic acids is 1. The van der Waals surface area contributed by atoms with Gasteiger partial charge in [-0.05, 0) is 30.0 Å². The summed E-state index contributed by atoms with van der Waals surface area (Å²) in [6.07, 6.45) is 0.222. The summed E-state index contributed by atoms with van der Waals surface area (Å²) in [4.78, 5) is 11.9. The van der Waals surface area contributed by atoms with Crippen molar-refractivity contribution in [3.05, 3.63) is 29.3 Å². The van der Waals surface area contributed by atoms with E-state index < -0.39 is 6.10 Å². The Morgan fingerprint density at radius 1 is 1.39 bits per heavy atom. The second kappa shape index (κ2) is 6.40. The molecule has 0 heterocycles. The van der Waals surface area contributed by atoms with Crippen molar-refractivity contribution in [2.24, 2.45) is 5.92 Å². The fourth-order valence-electron chi connectivity index (χ4n) is 1.51. The van der Waals surface area contributed by atoms with Crippen LogP contribution in [0.3, 0.4) is 0 Å². The zero-order valence-corrected chi connectivity index (χ0v) is 11.1. The van der Waals surface area contributed by atoms with Gasteiger partial charge in [-0.3, -0.25) is 4.79 Å². The van der Waals surface area contributed by atoms with E-state index >= 15 is 0 Å². The molecule has 1 aromatic carbocycles. The molecule has 3 N–H and O–H groups in total. The van der Waals surface area contributed by atoms with Crippen molar-refractivity contribution >= 4 is 5.91 Å². The van der Waals surface area contributed by atoms with Crippen LogP contribution in [-0.2, 0) is 6.42 Å². The maximum Gasteiger partial charge on any atom is 0.255 e. The van der Waals surface area contributed by atoms with E-state index in [4.69, 9.17) is 0 Å². The van der Waals surface area contributed by atoms with Crippen LogP contribution in [-0.4, -0.2) is 28.8 Å². The Balaban J connectivity index is 2.72. The highest BCUT2D eigenvalue weighted by Gasteiger charge is 2.14. The van der Waals surface area contributed by atoms with Gasteiger partial charge < -0.3 is 15.5 Å². The van der Waals surface area contributed by atoms with Gasteiger partial charge in [0, 0.05) is 6.54 Å². The lowest BCUT2D eigenvalue weighted by Gasteiger charge is -2.15. The van der Waals surface area contributed by atoms with Crippen molar-refractivity contribution in [1.82, 2.24) is 5.32 Å². The Labute approximate surface area is 108 Å². The molecule has 4 nitrogen and oxygen atoms in total. The van der Waals surface area contributed by atoms with Crippen molar-refractivity contribution < 1.29 is 15.0 Å². The number of aromatic hydroxyl groups is 1. The molecular weight excluding hydrogens is 230 g/mol. The van der Waals surface area contributed by atoms with E-state index in [-0.39, 0.29) is 29.7 Å². The number of nitrogens with one attached hydrogen (secondary N) is 1. The molecule has 1 unspecified atom stereocenters. The Morgan fingerprint density at radius 3 is 2.61 bits per heavy atom. The first-order valence-electron chi connectivity index (χ1n) is 6.23. The van der Waals surface area contributed by atoms with Gasteiger partial charge in [-0.2, -0.15) is 0 Å². The molecule has 0 aliphatic carbocycles.